The Hall–Kier alpha value is -3.60. The van der Waals surface area contributed by atoms with Gasteiger partial charge in [0.05, 0.1) is 4.90 Å². The minimum atomic E-state index is -3.48. The third kappa shape index (κ3) is 8.95. The summed E-state index contributed by atoms with van der Waals surface area (Å²) in [4.78, 5) is 34.7. The molecule has 2 amide bonds. The summed E-state index contributed by atoms with van der Waals surface area (Å²) in [6.45, 7) is 4.93. The van der Waals surface area contributed by atoms with Crippen LogP contribution in [0, 0.1) is 0 Å². The molecule has 10 heteroatoms. The van der Waals surface area contributed by atoms with Crippen molar-refractivity contribution >= 4 is 27.5 Å². The first-order chi connectivity index (χ1) is 20.6. The zero-order valence-electron chi connectivity index (χ0n) is 25.5. The molecule has 1 aliphatic heterocycles. The number of sulfonamides is 1. The number of nitrogens with one attached hydrogen (secondary N) is 1. The summed E-state index contributed by atoms with van der Waals surface area (Å²) in [5.74, 6) is -0.187. The van der Waals surface area contributed by atoms with Gasteiger partial charge in [-0.25, -0.2) is 12.7 Å². The van der Waals surface area contributed by atoms with Crippen LogP contribution in [0.2, 0.25) is 0 Å². The monoisotopic (exact) mass is 605 g/mol. The van der Waals surface area contributed by atoms with E-state index in [-0.39, 0.29) is 16.7 Å². The first-order valence-electron chi connectivity index (χ1n) is 15.0. The Labute approximate surface area is 256 Å². The molecule has 0 atom stereocenters. The minimum Gasteiger partial charge on any atom is -0.352 e. The van der Waals surface area contributed by atoms with Crippen molar-refractivity contribution in [1.82, 2.24) is 19.5 Å². The second-order valence-electron chi connectivity index (χ2n) is 11.3. The topological polar surface area (TPSA) is 103 Å². The van der Waals surface area contributed by atoms with E-state index >= 15 is 0 Å². The van der Waals surface area contributed by atoms with Gasteiger partial charge in [0.25, 0.3) is 5.91 Å². The Balaban J connectivity index is 1.51. The molecule has 2 heterocycles. The summed E-state index contributed by atoms with van der Waals surface area (Å²) in [6.07, 6.45) is 9.64. The first-order valence-corrected chi connectivity index (χ1v) is 16.4. The van der Waals surface area contributed by atoms with Gasteiger partial charge in [0.1, 0.15) is 0 Å². The smallest absolute Gasteiger partial charge is 0.251 e. The fourth-order valence-corrected chi connectivity index (χ4v) is 6.27. The molecule has 3 aromatic rings. The number of amides is 2. The Kier molecular flexibility index (Phi) is 11.4. The summed E-state index contributed by atoms with van der Waals surface area (Å²) in [7, 11) is -0.474. The van der Waals surface area contributed by atoms with Crippen LogP contribution in [0.1, 0.15) is 66.1 Å². The molecule has 0 unspecified atom stereocenters. The SMILES string of the molecule is CC(=O)N1CCCCCCCN(Cc2cccnc2)Cc2cc(C(=O)NCCc3ccc(S(=O)(=O)N(C)C)cc3)ccc21. The average Bonchev–Trinajstić information content (AvgIpc) is 2.98. The Morgan fingerprint density at radius 3 is 2.33 bits per heavy atom. The number of anilines is 1. The second-order valence-corrected chi connectivity index (χ2v) is 13.4. The van der Waals surface area contributed by atoms with Crippen LogP contribution in [0.3, 0.4) is 0 Å². The van der Waals surface area contributed by atoms with Crippen molar-refractivity contribution in [2.24, 2.45) is 0 Å². The van der Waals surface area contributed by atoms with Gasteiger partial charge in [-0.2, -0.15) is 0 Å². The van der Waals surface area contributed by atoms with Crippen LogP contribution in [-0.2, 0) is 34.3 Å². The highest BCUT2D eigenvalue weighted by Crippen LogP contribution is 2.27. The van der Waals surface area contributed by atoms with Crippen molar-refractivity contribution < 1.29 is 18.0 Å². The number of hydrogen-bond acceptors (Lipinski definition) is 6. The lowest BCUT2D eigenvalue weighted by Crippen LogP contribution is -2.33. The first kappa shape index (κ1) is 32.3. The molecule has 1 aromatic heterocycles. The maximum Gasteiger partial charge on any atom is 0.251 e. The fraction of sp³-hybridized carbons (Fsp3) is 0.424. The van der Waals surface area contributed by atoms with Crippen molar-refractivity contribution in [2.45, 2.75) is 63.4 Å². The van der Waals surface area contributed by atoms with E-state index in [9.17, 15) is 18.0 Å². The highest BCUT2D eigenvalue weighted by molar-refractivity contribution is 7.89. The molecule has 9 nitrogen and oxygen atoms in total. The van der Waals surface area contributed by atoms with E-state index in [0.717, 1.165) is 67.6 Å². The van der Waals surface area contributed by atoms with E-state index in [1.165, 1.54) is 18.4 Å². The van der Waals surface area contributed by atoms with E-state index in [0.29, 0.717) is 31.6 Å². The van der Waals surface area contributed by atoms with E-state index in [1.807, 2.05) is 29.3 Å². The van der Waals surface area contributed by atoms with Crippen molar-refractivity contribution in [3.63, 3.8) is 0 Å². The zero-order chi connectivity index (χ0) is 30.8. The lowest BCUT2D eigenvalue weighted by molar-refractivity contribution is -0.116. The molecule has 1 N–H and O–H groups in total. The highest BCUT2D eigenvalue weighted by Gasteiger charge is 2.21. The van der Waals surface area contributed by atoms with E-state index < -0.39 is 10.0 Å². The van der Waals surface area contributed by atoms with Gasteiger partial charge in [-0.3, -0.25) is 19.5 Å². The predicted molar refractivity (Wildman–Crippen MR) is 169 cm³/mol. The molecule has 0 radical (unpaired) electrons. The van der Waals surface area contributed by atoms with Gasteiger partial charge in [0.2, 0.25) is 15.9 Å². The minimum absolute atomic E-state index is 0.00118. The van der Waals surface area contributed by atoms with Crippen LogP contribution >= 0.6 is 0 Å². The Morgan fingerprint density at radius 1 is 0.930 bits per heavy atom. The number of carbonyl (C=O) groups excluding carboxylic acids is 2. The van der Waals surface area contributed by atoms with Crippen molar-refractivity contribution in [2.75, 3.05) is 38.6 Å². The van der Waals surface area contributed by atoms with Crippen molar-refractivity contribution in [3.05, 3.63) is 89.2 Å². The molecule has 43 heavy (non-hydrogen) atoms. The number of hydrogen-bond donors (Lipinski definition) is 1. The van der Waals surface area contributed by atoms with E-state index in [2.05, 4.69) is 21.3 Å². The van der Waals surface area contributed by atoms with Crippen LogP contribution in [-0.4, -0.2) is 68.2 Å². The molecule has 0 saturated heterocycles. The van der Waals surface area contributed by atoms with Gasteiger partial charge in [-0.05, 0) is 78.9 Å². The summed E-state index contributed by atoms with van der Waals surface area (Å²) in [5, 5.41) is 3.00. The molecule has 2 aromatic carbocycles. The van der Waals surface area contributed by atoms with Gasteiger partial charge in [-0.15, -0.1) is 0 Å². The summed E-state index contributed by atoms with van der Waals surface area (Å²) >= 11 is 0. The number of fused-ring (bicyclic) bond motifs is 1. The Bertz CT molecular complexity index is 1480. The average molecular weight is 606 g/mol. The summed E-state index contributed by atoms with van der Waals surface area (Å²) in [5.41, 5.74) is 4.40. The second kappa shape index (κ2) is 15.2. The lowest BCUT2D eigenvalue weighted by atomic mass is 10.0. The summed E-state index contributed by atoms with van der Waals surface area (Å²) in [6, 6.07) is 16.4. The molecule has 0 saturated carbocycles. The number of pyridine rings is 1. The largest absolute Gasteiger partial charge is 0.352 e. The number of rotatable bonds is 8. The zero-order valence-corrected chi connectivity index (χ0v) is 26.3. The van der Waals surface area contributed by atoms with Gasteiger partial charge in [0, 0.05) is 70.8 Å². The van der Waals surface area contributed by atoms with Gasteiger partial charge < -0.3 is 10.2 Å². The van der Waals surface area contributed by atoms with Crippen LogP contribution < -0.4 is 10.2 Å². The molecule has 230 valence electrons. The van der Waals surface area contributed by atoms with Gasteiger partial charge >= 0.3 is 0 Å². The fourth-order valence-electron chi connectivity index (χ4n) is 5.37. The van der Waals surface area contributed by atoms with Gasteiger partial charge in [-0.1, -0.05) is 37.5 Å². The van der Waals surface area contributed by atoms with E-state index in [1.54, 1.807) is 43.5 Å². The van der Waals surface area contributed by atoms with Crippen LogP contribution in [0.15, 0.2) is 71.9 Å². The third-order valence-electron chi connectivity index (χ3n) is 7.79. The standard InChI is InChI=1S/C33H43N5O4S/c1-26(39)38-21-8-6-4-5-7-20-37(24-28-10-9-18-34-23-28)25-30-22-29(13-16-32(30)38)33(40)35-19-17-27-11-14-31(15-12-27)43(41,42)36(2)3/h9-16,18,22-23H,4-8,17,19-21,24-25H2,1-3H3,(H,35,40). The van der Waals surface area contributed by atoms with Gasteiger partial charge in [0.15, 0.2) is 0 Å². The van der Waals surface area contributed by atoms with Crippen LogP contribution in [0.4, 0.5) is 5.69 Å². The van der Waals surface area contributed by atoms with Crippen LogP contribution in [0.5, 0.6) is 0 Å². The quantitative estimate of drug-likeness (QED) is 0.402. The molecule has 4 rings (SSSR count). The molecule has 0 bridgehead atoms. The van der Waals surface area contributed by atoms with Crippen molar-refractivity contribution in [1.29, 1.82) is 0 Å². The van der Waals surface area contributed by atoms with Crippen LogP contribution in [0.25, 0.3) is 0 Å². The molecule has 0 spiro atoms. The maximum atomic E-state index is 13.2. The number of carbonyl (C=O) groups is 2. The number of aromatic nitrogens is 1. The third-order valence-corrected chi connectivity index (χ3v) is 9.62. The number of nitrogens with zero attached hydrogens (tertiary/aromatic N) is 4. The normalized spacial score (nSPS) is 15.3. The van der Waals surface area contributed by atoms with Crippen molar-refractivity contribution in [3.8, 4) is 0 Å². The Morgan fingerprint density at radius 2 is 1.65 bits per heavy atom. The predicted octanol–water partition coefficient (Wildman–Crippen LogP) is 4.62. The molecular formula is C33H43N5O4S. The summed E-state index contributed by atoms with van der Waals surface area (Å²) < 4.78 is 25.8. The highest BCUT2D eigenvalue weighted by atomic mass is 32.2. The molecule has 0 fully saturated rings. The van der Waals surface area contributed by atoms with E-state index in [4.69, 9.17) is 0 Å². The maximum absolute atomic E-state index is 13.2. The molecule has 1 aliphatic rings. The number of benzene rings is 2. The molecule has 0 aliphatic carbocycles. The molecular weight excluding hydrogens is 562 g/mol. The lowest BCUT2D eigenvalue weighted by Gasteiger charge is -2.29.